The Kier molecular flexibility index (Phi) is 10.4. The lowest BCUT2D eigenvalue weighted by molar-refractivity contribution is -0.140. The number of carbonyl (C=O) groups excluding carboxylic acids is 3. The molecule has 0 radical (unpaired) electrons. The summed E-state index contributed by atoms with van der Waals surface area (Å²) in [6.45, 7) is 11.9. The second kappa shape index (κ2) is 12.2. The largest absolute Gasteiger partial charge is 0.444 e. The number of amides is 3. The highest BCUT2D eigenvalue weighted by molar-refractivity contribution is 5.90. The van der Waals surface area contributed by atoms with Crippen LogP contribution in [0.25, 0.3) is 0 Å². The first-order chi connectivity index (χ1) is 14.1. The van der Waals surface area contributed by atoms with E-state index in [2.05, 4.69) is 17.6 Å². The summed E-state index contributed by atoms with van der Waals surface area (Å²) in [6.07, 6.45) is 1.86. The number of aryl methyl sites for hydroxylation is 1. The summed E-state index contributed by atoms with van der Waals surface area (Å²) in [5.74, 6) is -0.548. The minimum absolute atomic E-state index is 0.215. The number of alkyl carbamates (subject to hydrolysis) is 1. The van der Waals surface area contributed by atoms with Crippen LogP contribution < -0.4 is 10.6 Å². The van der Waals surface area contributed by atoms with Crippen LogP contribution in [0.4, 0.5) is 4.79 Å². The number of nitrogens with one attached hydrogen (secondary N) is 2. The van der Waals surface area contributed by atoms with E-state index >= 15 is 0 Å². The maximum Gasteiger partial charge on any atom is 0.408 e. The molecule has 2 N–H and O–H groups in total. The third kappa shape index (κ3) is 8.84. The molecule has 7 heteroatoms. The molecule has 1 aromatic rings. The van der Waals surface area contributed by atoms with E-state index in [0.717, 1.165) is 24.0 Å². The summed E-state index contributed by atoms with van der Waals surface area (Å²) >= 11 is 0. The van der Waals surface area contributed by atoms with Gasteiger partial charge in [0.15, 0.2) is 0 Å². The minimum Gasteiger partial charge on any atom is -0.444 e. The van der Waals surface area contributed by atoms with Crippen molar-refractivity contribution in [3.05, 3.63) is 35.4 Å². The first-order valence-electron chi connectivity index (χ1n) is 10.7. The molecular formula is C23H37N3O4. The van der Waals surface area contributed by atoms with Crippen LogP contribution in [0.2, 0.25) is 0 Å². The SMILES string of the molecule is CCCCNC(=O)C(c1cccc(C)c1)N(CCC)C(=O)CNC(=O)OC(C)(C)C. The Balaban J connectivity index is 3.06. The normalized spacial score (nSPS) is 12.1. The number of ether oxygens (including phenoxy) is 1. The quantitative estimate of drug-likeness (QED) is 0.566. The first-order valence-corrected chi connectivity index (χ1v) is 10.7. The Morgan fingerprint density at radius 1 is 1.10 bits per heavy atom. The van der Waals surface area contributed by atoms with Crippen LogP contribution in [0, 0.1) is 6.92 Å². The molecule has 1 unspecified atom stereocenters. The van der Waals surface area contributed by atoms with Gasteiger partial charge in [0.05, 0.1) is 0 Å². The molecule has 30 heavy (non-hydrogen) atoms. The summed E-state index contributed by atoms with van der Waals surface area (Å²) in [7, 11) is 0. The molecule has 0 aliphatic rings. The molecule has 7 nitrogen and oxygen atoms in total. The lowest BCUT2D eigenvalue weighted by Crippen LogP contribution is -2.48. The van der Waals surface area contributed by atoms with Crippen LogP contribution in [-0.4, -0.2) is 48.0 Å². The number of nitrogens with zero attached hydrogens (tertiary/aromatic N) is 1. The van der Waals surface area contributed by atoms with Gasteiger partial charge < -0.3 is 20.3 Å². The molecule has 0 aliphatic heterocycles. The van der Waals surface area contributed by atoms with Crippen molar-refractivity contribution in [2.75, 3.05) is 19.6 Å². The topological polar surface area (TPSA) is 87.7 Å². The van der Waals surface area contributed by atoms with Gasteiger partial charge in [-0.25, -0.2) is 4.79 Å². The van der Waals surface area contributed by atoms with E-state index in [9.17, 15) is 14.4 Å². The molecular weight excluding hydrogens is 382 g/mol. The van der Waals surface area contributed by atoms with Crippen molar-refractivity contribution in [3.63, 3.8) is 0 Å². The molecule has 0 fully saturated rings. The summed E-state index contributed by atoms with van der Waals surface area (Å²) in [5.41, 5.74) is 1.11. The monoisotopic (exact) mass is 419 g/mol. The molecule has 0 bridgehead atoms. The standard InChI is InChI=1S/C23H37N3O4/c1-7-9-13-24-21(28)20(18-12-10-11-17(3)15-18)26(14-8-2)19(27)16-25-22(29)30-23(4,5)6/h10-12,15,20H,7-9,13-14,16H2,1-6H3,(H,24,28)(H,25,29). The second-order valence-electron chi connectivity index (χ2n) is 8.40. The number of carbonyl (C=O) groups is 3. The number of unbranched alkanes of at least 4 members (excludes halogenated alkanes) is 1. The maximum atomic E-state index is 13.1. The summed E-state index contributed by atoms with van der Waals surface area (Å²) in [4.78, 5) is 39.6. The van der Waals surface area contributed by atoms with Crippen LogP contribution in [0.1, 0.15) is 71.0 Å². The molecule has 0 saturated carbocycles. The smallest absolute Gasteiger partial charge is 0.408 e. The Morgan fingerprint density at radius 2 is 1.80 bits per heavy atom. The van der Waals surface area contributed by atoms with Gasteiger partial charge in [-0.05, 0) is 46.1 Å². The average molecular weight is 420 g/mol. The number of hydrogen-bond acceptors (Lipinski definition) is 4. The molecule has 0 heterocycles. The van der Waals surface area contributed by atoms with E-state index in [4.69, 9.17) is 4.74 Å². The van der Waals surface area contributed by atoms with Crippen molar-refractivity contribution in [3.8, 4) is 0 Å². The van der Waals surface area contributed by atoms with Crippen molar-refractivity contribution in [2.45, 2.75) is 72.4 Å². The lowest BCUT2D eigenvalue weighted by atomic mass is 10.0. The molecule has 1 rings (SSSR count). The molecule has 168 valence electrons. The Morgan fingerprint density at radius 3 is 2.37 bits per heavy atom. The highest BCUT2D eigenvalue weighted by atomic mass is 16.6. The summed E-state index contributed by atoms with van der Waals surface area (Å²) in [5, 5.41) is 5.45. The van der Waals surface area contributed by atoms with Gasteiger partial charge in [-0.2, -0.15) is 0 Å². The summed E-state index contributed by atoms with van der Waals surface area (Å²) < 4.78 is 5.20. The Bertz CT molecular complexity index is 713. The third-order valence-electron chi connectivity index (χ3n) is 4.32. The fraction of sp³-hybridized carbons (Fsp3) is 0.609. The molecule has 3 amide bonds. The molecule has 0 aliphatic carbocycles. The first kappa shape index (κ1) is 25.5. The van der Waals surface area contributed by atoms with Gasteiger partial charge in [-0.15, -0.1) is 0 Å². The van der Waals surface area contributed by atoms with Crippen molar-refractivity contribution < 1.29 is 19.1 Å². The van der Waals surface area contributed by atoms with E-state index < -0.39 is 17.7 Å². The van der Waals surface area contributed by atoms with E-state index in [-0.39, 0.29) is 18.4 Å². The van der Waals surface area contributed by atoms with Crippen LogP contribution in [0.3, 0.4) is 0 Å². The zero-order chi connectivity index (χ0) is 22.7. The van der Waals surface area contributed by atoms with Crippen LogP contribution >= 0.6 is 0 Å². The van der Waals surface area contributed by atoms with Gasteiger partial charge in [0.2, 0.25) is 11.8 Å². The van der Waals surface area contributed by atoms with Crippen LogP contribution in [0.15, 0.2) is 24.3 Å². The van der Waals surface area contributed by atoms with Crippen molar-refractivity contribution in [1.29, 1.82) is 0 Å². The number of benzene rings is 1. The van der Waals surface area contributed by atoms with Crippen molar-refractivity contribution in [1.82, 2.24) is 15.5 Å². The molecule has 1 aromatic carbocycles. The van der Waals surface area contributed by atoms with Gasteiger partial charge in [0.1, 0.15) is 18.2 Å². The zero-order valence-corrected chi connectivity index (χ0v) is 19.2. The van der Waals surface area contributed by atoms with E-state index in [1.807, 2.05) is 38.1 Å². The minimum atomic E-state index is -0.755. The number of rotatable bonds is 10. The zero-order valence-electron chi connectivity index (χ0n) is 19.2. The van der Waals surface area contributed by atoms with Gasteiger partial charge in [-0.1, -0.05) is 50.1 Å². The van der Waals surface area contributed by atoms with E-state index in [1.54, 1.807) is 20.8 Å². The molecule has 0 aromatic heterocycles. The highest BCUT2D eigenvalue weighted by Crippen LogP contribution is 2.23. The predicted molar refractivity (Wildman–Crippen MR) is 118 cm³/mol. The van der Waals surface area contributed by atoms with Crippen LogP contribution in [0.5, 0.6) is 0 Å². The second-order valence-corrected chi connectivity index (χ2v) is 8.40. The molecule has 1 atom stereocenters. The summed E-state index contributed by atoms with van der Waals surface area (Å²) in [6, 6.07) is 6.85. The highest BCUT2D eigenvalue weighted by Gasteiger charge is 2.31. The average Bonchev–Trinajstić information content (AvgIpc) is 2.64. The van der Waals surface area contributed by atoms with Crippen molar-refractivity contribution in [2.24, 2.45) is 0 Å². The maximum absolute atomic E-state index is 13.1. The fourth-order valence-electron chi connectivity index (χ4n) is 3.00. The van der Waals surface area contributed by atoms with Crippen LogP contribution in [-0.2, 0) is 14.3 Å². The Hall–Kier alpha value is -2.57. The Labute approximate surface area is 180 Å². The molecule has 0 saturated heterocycles. The van der Waals surface area contributed by atoms with Gasteiger partial charge >= 0.3 is 6.09 Å². The van der Waals surface area contributed by atoms with Crippen molar-refractivity contribution >= 4 is 17.9 Å². The molecule has 0 spiro atoms. The van der Waals surface area contributed by atoms with E-state index in [1.165, 1.54) is 4.90 Å². The van der Waals surface area contributed by atoms with E-state index in [0.29, 0.717) is 19.5 Å². The number of hydrogen-bond donors (Lipinski definition) is 2. The fourth-order valence-corrected chi connectivity index (χ4v) is 3.00. The van der Waals surface area contributed by atoms with Gasteiger partial charge in [0.25, 0.3) is 0 Å². The lowest BCUT2D eigenvalue weighted by Gasteiger charge is -2.31. The van der Waals surface area contributed by atoms with Gasteiger partial charge in [-0.3, -0.25) is 9.59 Å². The predicted octanol–water partition coefficient (Wildman–Crippen LogP) is 3.72. The third-order valence-corrected chi connectivity index (χ3v) is 4.32. The van der Waals surface area contributed by atoms with Gasteiger partial charge in [0, 0.05) is 13.1 Å².